The Morgan fingerprint density at radius 1 is 1.25 bits per heavy atom. The van der Waals surface area contributed by atoms with Gasteiger partial charge in [-0.15, -0.1) is 0 Å². The van der Waals surface area contributed by atoms with Crippen LogP contribution in [0.25, 0.3) is 0 Å². The van der Waals surface area contributed by atoms with Gasteiger partial charge in [0.1, 0.15) is 5.82 Å². The van der Waals surface area contributed by atoms with Crippen LogP contribution in [-0.4, -0.2) is 11.5 Å². The molecule has 3 rings (SSSR count). The van der Waals surface area contributed by atoms with Gasteiger partial charge in [-0.05, 0) is 29.3 Å². The summed E-state index contributed by atoms with van der Waals surface area (Å²) in [6, 6.07) is 10.6. The molecule has 0 atom stereocenters. The largest absolute Gasteiger partial charge is 0.348 e. The summed E-state index contributed by atoms with van der Waals surface area (Å²) in [6.45, 7) is 5.65. The molecule has 1 aromatic carbocycles. The van der Waals surface area contributed by atoms with Crippen LogP contribution in [0.3, 0.4) is 0 Å². The Hall–Kier alpha value is -1.58. The number of nitrogens with one attached hydrogen (secondary N) is 1. The Labute approximate surface area is 124 Å². The zero-order valence-electron chi connectivity index (χ0n) is 11.6. The molecule has 104 valence electrons. The number of pyridine rings is 1. The molecule has 0 unspecified atom stereocenters. The Morgan fingerprint density at radius 2 is 1.95 bits per heavy atom. The van der Waals surface area contributed by atoms with Crippen molar-refractivity contribution in [3.05, 3.63) is 58.2 Å². The second-order valence-corrected chi connectivity index (χ2v) is 5.45. The summed E-state index contributed by atoms with van der Waals surface area (Å²) >= 11 is 6.21. The number of nitrogens with zero attached hydrogens (tertiary/aromatic N) is 2. The monoisotopic (exact) mass is 287 g/mol. The third-order valence-electron chi connectivity index (χ3n) is 3.65. The first-order valence-electron chi connectivity index (χ1n) is 6.95. The van der Waals surface area contributed by atoms with Crippen LogP contribution in [0.4, 0.5) is 5.82 Å². The van der Waals surface area contributed by atoms with Gasteiger partial charge < -0.3 is 10.2 Å². The van der Waals surface area contributed by atoms with Crippen LogP contribution in [-0.2, 0) is 19.6 Å². The number of rotatable bonds is 4. The minimum Gasteiger partial charge on any atom is -0.348 e. The third kappa shape index (κ3) is 2.65. The van der Waals surface area contributed by atoms with Crippen molar-refractivity contribution in [3.63, 3.8) is 0 Å². The van der Waals surface area contributed by atoms with Gasteiger partial charge >= 0.3 is 0 Å². The van der Waals surface area contributed by atoms with E-state index in [4.69, 9.17) is 11.6 Å². The molecule has 1 aliphatic rings. The lowest BCUT2D eigenvalue weighted by Gasteiger charge is -2.18. The fraction of sp³-hybridized carbons (Fsp3) is 0.312. The summed E-state index contributed by atoms with van der Waals surface area (Å²) in [6.07, 6.45) is 1.76. The van der Waals surface area contributed by atoms with Gasteiger partial charge in [-0.3, -0.25) is 0 Å². The Balaban J connectivity index is 1.82. The van der Waals surface area contributed by atoms with Crippen molar-refractivity contribution in [1.82, 2.24) is 10.3 Å². The van der Waals surface area contributed by atoms with Gasteiger partial charge in [0.05, 0.1) is 5.02 Å². The van der Waals surface area contributed by atoms with Crippen LogP contribution in [0.2, 0.25) is 5.02 Å². The minimum absolute atomic E-state index is 0.728. The molecule has 0 saturated carbocycles. The van der Waals surface area contributed by atoms with Gasteiger partial charge in [0.15, 0.2) is 0 Å². The normalized spacial score (nSPS) is 13.6. The highest BCUT2D eigenvalue weighted by atomic mass is 35.5. The lowest BCUT2D eigenvalue weighted by Crippen LogP contribution is -2.17. The standard InChI is InChI=1S/C16H18ClN3/c1-2-18-8-14-7-16(19-9-15(14)17)20-10-12-5-3-4-6-13(12)11-20/h3-7,9,18H,2,8,10-11H2,1H3. The number of aromatic nitrogens is 1. The summed E-state index contributed by atoms with van der Waals surface area (Å²) in [7, 11) is 0. The van der Waals surface area contributed by atoms with Crippen LogP contribution >= 0.6 is 11.6 Å². The number of anilines is 1. The maximum Gasteiger partial charge on any atom is 0.129 e. The molecule has 0 amide bonds. The van der Waals surface area contributed by atoms with Crippen molar-refractivity contribution in [2.75, 3.05) is 11.4 Å². The Bertz CT molecular complexity index is 587. The quantitative estimate of drug-likeness (QED) is 0.934. The highest BCUT2D eigenvalue weighted by Crippen LogP contribution is 2.28. The van der Waals surface area contributed by atoms with Gasteiger partial charge in [-0.25, -0.2) is 4.98 Å². The molecule has 0 saturated heterocycles. The molecule has 4 heteroatoms. The van der Waals surface area contributed by atoms with Crippen molar-refractivity contribution < 1.29 is 0 Å². The first-order chi connectivity index (χ1) is 9.78. The average Bonchev–Trinajstić information content (AvgIpc) is 2.90. The van der Waals surface area contributed by atoms with E-state index in [0.29, 0.717) is 0 Å². The summed E-state index contributed by atoms with van der Waals surface area (Å²) in [5.41, 5.74) is 3.88. The van der Waals surface area contributed by atoms with Gasteiger partial charge in [0.25, 0.3) is 0 Å². The van der Waals surface area contributed by atoms with E-state index >= 15 is 0 Å². The van der Waals surface area contributed by atoms with Crippen LogP contribution < -0.4 is 10.2 Å². The van der Waals surface area contributed by atoms with E-state index in [9.17, 15) is 0 Å². The van der Waals surface area contributed by atoms with E-state index in [2.05, 4.69) is 52.5 Å². The van der Waals surface area contributed by atoms with E-state index in [1.165, 1.54) is 11.1 Å². The smallest absolute Gasteiger partial charge is 0.129 e. The first kappa shape index (κ1) is 13.4. The van der Waals surface area contributed by atoms with Gasteiger partial charge in [0, 0.05) is 25.8 Å². The third-order valence-corrected chi connectivity index (χ3v) is 3.99. The molecule has 0 bridgehead atoms. The van der Waals surface area contributed by atoms with Crippen LogP contribution in [0, 0.1) is 0 Å². The van der Waals surface area contributed by atoms with Gasteiger partial charge in [0.2, 0.25) is 0 Å². The average molecular weight is 288 g/mol. The van der Waals surface area contributed by atoms with E-state index < -0.39 is 0 Å². The van der Waals surface area contributed by atoms with Crippen molar-refractivity contribution in [2.45, 2.75) is 26.6 Å². The molecule has 3 nitrogen and oxygen atoms in total. The maximum absolute atomic E-state index is 6.21. The van der Waals surface area contributed by atoms with E-state index in [0.717, 1.165) is 42.6 Å². The van der Waals surface area contributed by atoms with Crippen molar-refractivity contribution in [3.8, 4) is 0 Å². The van der Waals surface area contributed by atoms with E-state index in [-0.39, 0.29) is 0 Å². The van der Waals surface area contributed by atoms with E-state index in [1.54, 1.807) is 6.20 Å². The fourth-order valence-electron chi connectivity index (χ4n) is 2.53. The highest BCUT2D eigenvalue weighted by molar-refractivity contribution is 6.31. The molecule has 0 radical (unpaired) electrons. The summed E-state index contributed by atoms with van der Waals surface area (Å²) in [5, 5.41) is 4.04. The van der Waals surface area contributed by atoms with Crippen molar-refractivity contribution >= 4 is 17.4 Å². The highest BCUT2D eigenvalue weighted by Gasteiger charge is 2.20. The van der Waals surface area contributed by atoms with Crippen molar-refractivity contribution in [1.29, 1.82) is 0 Å². The van der Waals surface area contributed by atoms with Gasteiger partial charge in [-0.1, -0.05) is 42.8 Å². The maximum atomic E-state index is 6.21. The predicted octanol–water partition coefficient (Wildman–Crippen LogP) is 3.36. The number of fused-ring (bicyclic) bond motifs is 1. The van der Waals surface area contributed by atoms with Crippen LogP contribution in [0.1, 0.15) is 23.6 Å². The minimum atomic E-state index is 0.728. The topological polar surface area (TPSA) is 28.2 Å². The molecule has 1 aliphatic heterocycles. The fourth-order valence-corrected chi connectivity index (χ4v) is 2.70. The molecule has 1 N–H and O–H groups in total. The summed E-state index contributed by atoms with van der Waals surface area (Å²) in [5.74, 6) is 0.999. The number of benzene rings is 1. The molecule has 1 aromatic heterocycles. The second-order valence-electron chi connectivity index (χ2n) is 5.04. The Kier molecular flexibility index (Phi) is 3.90. The molecule has 2 aromatic rings. The van der Waals surface area contributed by atoms with E-state index in [1.807, 2.05) is 0 Å². The molecular weight excluding hydrogens is 270 g/mol. The molecule has 0 spiro atoms. The van der Waals surface area contributed by atoms with Crippen LogP contribution in [0.5, 0.6) is 0 Å². The zero-order valence-corrected chi connectivity index (χ0v) is 12.3. The molecule has 20 heavy (non-hydrogen) atoms. The summed E-state index contributed by atoms with van der Waals surface area (Å²) < 4.78 is 0. The number of hydrogen-bond acceptors (Lipinski definition) is 3. The summed E-state index contributed by atoms with van der Waals surface area (Å²) in [4.78, 5) is 6.77. The SMILES string of the molecule is CCNCc1cc(N2Cc3ccccc3C2)ncc1Cl. The molecule has 2 heterocycles. The first-order valence-corrected chi connectivity index (χ1v) is 7.32. The number of halogens is 1. The predicted molar refractivity (Wildman–Crippen MR) is 83.0 cm³/mol. The molecule has 0 aliphatic carbocycles. The molecular formula is C16H18ClN3. The lowest BCUT2D eigenvalue weighted by atomic mass is 10.1. The van der Waals surface area contributed by atoms with Crippen molar-refractivity contribution in [2.24, 2.45) is 0 Å². The number of hydrogen-bond donors (Lipinski definition) is 1. The van der Waals surface area contributed by atoms with Crippen LogP contribution in [0.15, 0.2) is 36.5 Å². The Morgan fingerprint density at radius 3 is 2.60 bits per heavy atom. The second kappa shape index (κ2) is 5.81. The zero-order chi connectivity index (χ0) is 13.9. The molecule has 0 fully saturated rings. The lowest BCUT2D eigenvalue weighted by molar-refractivity contribution is 0.724. The van der Waals surface area contributed by atoms with Gasteiger partial charge in [-0.2, -0.15) is 0 Å².